The van der Waals surface area contributed by atoms with E-state index in [0.717, 1.165) is 36.6 Å². The fourth-order valence-corrected chi connectivity index (χ4v) is 4.02. The molecule has 1 rings (SSSR count). The van der Waals surface area contributed by atoms with Gasteiger partial charge in [-0.05, 0) is 33.2 Å². The van der Waals surface area contributed by atoms with Gasteiger partial charge in [0.1, 0.15) is 10.8 Å². The first-order chi connectivity index (χ1) is 8.90. The molecule has 1 heterocycles. The predicted molar refractivity (Wildman–Crippen MR) is 81.2 cm³/mol. The summed E-state index contributed by atoms with van der Waals surface area (Å²) in [4.78, 5) is 5.65. The minimum absolute atomic E-state index is 0.0656. The fraction of sp³-hybridized carbons (Fsp3) is 0.769. The van der Waals surface area contributed by atoms with Crippen LogP contribution >= 0.6 is 11.3 Å². The Bertz CT molecular complexity index is 493. The van der Waals surface area contributed by atoms with Gasteiger partial charge in [-0.3, -0.25) is 0 Å². The molecule has 0 aliphatic heterocycles. The van der Waals surface area contributed by atoms with Gasteiger partial charge in [-0.1, -0.05) is 13.8 Å². The van der Waals surface area contributed by atoms with Gasteiger partial charge in [0, 0.05) is 11.4 Å². The average Bonchev–Trinajstić information content (AvgIpc) is 2.70. The van der Waals surface area contributed by atoms with Crippen LogP contribution in [0.4, 0.5) is 0 Å². The summed E-state index contributed by atoms with van der Waals surface area (Å²) >= 11 is 1.53. The second-order valence-corrected chi connectivity index (χ2v) is 8.59. The van der Waals surface area contributed by atoms with E-state index >= 15 is 0 Å². The van der Waals surface area contributed by atoms with Crippen LogP contribution < -0.4 is 5.32 Å². The number of nitrogens with one attached hydrogen (secondary N) is 1. The van der Waals surface area contributed by atoms with Gasteiger partial charge < -0.3 is 5.32 Å². The third kappa shape index (κ3) is 4.85. The van der Waals surface area contributed by atoms with Crippen molar-refractivity contribution >= 4 is 21.2 Å². The molecule has 1 aromatic heterocycles. The second kappa shape index (κ2) is 7.36. The van der Waals surface area contributed by atoms with E-state index in [4.69, 9.17) is 0 Å². The summed E-state index contributed by atoms with van der Waals surface area (Å²) in [5, 5.41) is 3.72. The molecule has 0 fully saturated rings. The van der Waals surface area contributed by atoms with Gasteiger partial charge in [0.2, 0.25) is 0 Å². The van der Waals surface area contributed by atoms with E-state index in [1.54, 1.807) is 13.8 Å². The third-order valence-corrected chi connectivity index (χ3v) is 6.31. The van der Waals surface area contributed by atoms with Gasteiger partial charge in [0.15, 0.2) is 9.84 Å². The number of hydrogen-bond acceptors (Lipinski definition) is 5. The number of sulfone groups is 1. The summed E-state index contributed by atoms with van der Waals surface area (Å²) in [6.07, 6.45) is 1.94. The molecule has 0 atom stereocenters. The Kier molecular flexibility index (Phi) is 6.42. The molecule has 6 heteroatoms. The van der Waals surface area contributed by atoms with E-state index in [0.29, 0.717) is 0 Å². The number of hydrogen-bond donors (Lipinski definition) is 1. The molecule has 0 unspecified atom stereocenters. The van der Waals surface area contributed by atoms with Crippen molar-refractivity contribution in [2.75, 3.05) is 6.54 Å². The van der Waals surface area contributed by atoms with E-state index in [9.17, 15) is 8.42 Å². The van der Waals surface area contributed by atoms with Crippen molar-refractivity contribution in [3.63, 3.8) is 0 Å². The maximum Gasteiger partial charge on any atom is 0.159 e. The van der Waals surface area contributed by atoms with E-state index in [1.165, 1.54) is 16.2 Å². The molecule has 19 heavy (non-hydrogen) atoms. The summed E-state index contributed by atoms with van der Waals surface area (Å²) in [5.74, 6) is 0.0656. The Labute approximate surface area is 120 Å². The van der Waals surface area contributed by atoms with Crippen molar-refractivity contribution in [1.82, 2.24) is 10.3 Å². The molecule has 0 radical (unpaired) electrons. The van der Waals surface area contributed by atoms with Gasteiger partial charge >= 0.3 is 0 Å². The number of thiazole rings is 1. The van der Waals surface area contributed by atoms with E-state index in [-0.39, 0.29) is 11.0 Å². The van der Waals surface area contributed by atoms with Crippen LogP contribution in [0.3, 0.4) is 0 Å². The lowest BCUT2D eigenvalue weighted by Gasteiger charge is -2.04. The zero-order chi connectivity index (χ0) is 14.5. The topological polar surface area (TPSA) is 59.1 Å². The number of nitrogens with zero attached hydrogens (tertiary/aromatic N) is 1. The maximum absolute atomic E-state index is 11.9. The quantitative estimate of drug-likeness (QED) is 0.750. The Balaban J connectivity index is 2.81. The van der Waals surface area contributed by atoms with Gasteiger partial charge in [-0.2, -0.15) is 0 Å². The van der Waals surface area contributed by atoms with Gasteiger partial charge in [-0.15, -0.1) is 11.3 Å². The fourth-order valence-electron chi connectivity index (χ4n) is 1.63. The van der Waals surface area contributed by atoms with Crippen LogP contribution in [-0.2, 0) is 28.6 Å². The third-order valence-electron chi connectivity index (χ3n) is 2.91. The first-order valence-corrected chi connectivity index (χ1v) is 9.33. The standard InChI is InChI=1S/C13H24N2O2S2/c1-5-7-14-8-12-11(6-2)15-13(18-12)9-19(16,17)10(3)4/h10,14H,5-9H2,1-4H3. The average molecular weight is 304 g/mol. The van der Waals surface area contributed by atoms with Crippen LogP contribution in [-0.4, -0.2) is 25.2 Å². The maximum atomic E-state index is 11.9. The van der Waals surface area contributed by atoms with Crippen molar-refractivity contribution in [3.05, 3.63) is 15.6 Å². The number of rotatable bonds is 8. The van der Waals surface area contributed by atoms with Crippen LogP contribution in [0.1, 0.15) is 49.7 Å². The molecule has 4 nitrogen and oxygen atoms in total. The van der Waals surface area contributed by atoms with E-state index in [1.807, 2.05) is 0 Å². The van der Waals surface area contributed by atoms with Crippen LogP contribution in [0.2, 0.25) is 0 Å². The van der Waals surface area contributed by atoms with Crippen molar-refractivity contribution in [1.29, 1.82) is 0 Å². The van der Waals surface area contributed by atoms with Crippen molar-refractivity contribution in [2.45, 2.75) is 58.1 Å². The highest BCUT2D eigenvalue weighted by Gasteiger charge is 2.20. The summed E-state index contributed by atoms with van der Waals surface area (Å²) in [6.45, 7) is 9.37. The molecular formula is C13H24N2O2S2. The van der Waals surface area contributed by atoms with Gasteiger partial charge in [0.05, 0.1) is 10.9 Å². The minimum Gasteiger partial charge on any atom is -0.312 e. The molecule has 0 bridgehead atoms. The molecule has 0 aliphatic rings. The highest BCUT2D eigenvalue weighted by Crippen LogP contribution is 2.22. The van der Waals surface area contributed by atoms with E-state index in [2.05, 4.69) is 24.1 Å². The van der Waals surface area contributed by atoms with Gasteiger partial charge in [-0.25, -0.2) is 13.4 Å². The lowest BCUT2D eigenvalue weighted by molar-refractivity contribution is 0.586. The molecule has 0 spiro atoms. The van der Waals surface area contributed by atoms with Crippen LogP contribution in [0.15, 0.2) is 0 Å². The molecular weight excluding hydrogens is 280 g/mol. The highest BCUT2D eigenvalue weighted by molar-refractivity contribution is 7.91. The lowest BCUT2D eigenvalue weighted by atomic mass is 10.3. The number of aryl methyl sites for hydroxylation is 1. The van der Waals surface area contributed by atoms with Crippen LogP contribution in [0, 0.1) is 0 Å². The highest BCUT2D eigenvalue weighted by atomic mass is 32.2. The number of aromatic nitrogens is 1. The summed E-state index contributed by atoms with van der Waals surface area (Å²) < 4.78 is 23.8. The smallest absolute Gasteiger partial charge is 0.159 e. The molecule has 110 valence electrons. The van der Waals surface area contributed by atoms with Crippen molar-refractivity contribution in [2.24, 2.45) is 0 Å². The Morgan fingerprint density at radius 2 is 2.00 bits per heavy atom. The van der Waals surface area contributed by atoms with Crippen molar-refractivity contribution < 1.29 is 8.42 Å². The molecule has 0 saturated heterocycles. The first-order valence-electron chi connectivity index (χ1n) is 6.80. The Hall–Kier alpha value is -0.460. The second-order valence-electron chi connectivity index (χ2n) is 4.86. The Morgan fingerprint density at radius 3 is 2.53 bits per heavy atom. The minimum atomic E-state index is -3.06. The normalized spacial score (nSPS) is 12.3. The first kappa shape index (κ1) is 16.6. The largest absolute Gasteiger partial charge is 0.312 e. The summed E-state index contributed by atoms with van der Waals surface area (Å²) in [6, 6.07) is 0. The summed E-state index contributed by atoms with van der Waals surface area (Å²) in [7, 11) is -3.06. The van der Waals surface area contributed by atoms with Crippen LogP contribution in [0.25, 0.3) is 0 Å². The molecule has 1 aromatic rings. The van der Waals surface area contributed by atoms with Gasteiger partial charge in [0.25, 0.3) is 0 Å². The zero-order valence-corrected chi connectivity index (χ0v) is 13.8. The zero-order valence-electron chi connectivity index (χ0n) is 12.2. The molecule has 0 aromatic carbocycles. The monoisotopic (exact) mass is 304 g/mol. The predicted octanol–water partition coefficient (Wildman–Crippen LogP) is 2.53. The SMILES string of the molecule is CCCNCc1sc(CS(=O)(=O)C(C)C)nc1CC. The molecule has 0 amide bonds. The molecule has 0 saturated carbocycles. The van der Waals surface area contributed by atoms with Crippen LogP contribution in [0.5, 0.6) is 0 Å². The van der Waals surface area contributed by atoms with Crippen molar-refractivity contribution in [3.8, 4) is 0 Å². The molecule has 1 N–H and O–H groups in total. The summed E-state index contributed by atoms with van der Waals surface area (Å²) in [5.41, 5.74) is 1.03. The lowest BCUT2D eigenvalue weighted by Crippen LogP contribution is -2.15. The Morgan fingerprint density at radius 1 is 1.32 bits per heavy atom. The molecule has 0 aliphatic carbocycles. The van der Waals surface area contributed by atoms with E-state index < -0.39 is 9.84 Å².